The maximum atomic E-state index is 3.45. The van der Waals surface area contributed by atoms with Crippen LogP contribution in [0.15, 0.2) is 0 Å². The Balaban J connectivity index is 1.68. The predicted octanol–water partition coefficient (Wildman–Crippen LogP) is 4.13. The number of hydrogen-bond donors (Lipinski definition) is 1. The second-order valence-electron chi connectivity index (χ2n) is 7.23. The Morgan fingerprint density at radius 1 is 0.882 bits per heavy atom. The van der Waals surface area contributed by atoms with Gasteiger partial charge < -0.3 is 5.32 Å². The lowest BCUT2D eigenvalue weighted by atomic mass is 9.49. The van der Waals surface area contributed by atoms with Crippen molar-refractivity contribution in [3.8, 4) is 0 Å². The largest absolute Gasteiger partial charge is 0.319 e. The zero-order chi connectivity index (χ0) is 11.8. The Bertz CT molecular complexity index is 240. The topological polar surface area (TPSA) is 12.0 Å². The first-order valence-electron chi connectivity index (χ1n) is 7.93. The Hall–Kier alpha value is -0.0400. The average Bonchev–Trinajstić information content (AvgIpc) is 2.42. The summed E-state index contributed by atoms with van der Waals surface area (Å²) in [7, 11) is 2.13. The van der Waals surface area contributed by atoms with E-state index >= 15 is 0 Å². The molecule has 0 aliphatic heterocycles. The van der Waals surface area contributed by atoms with E-state index < -0.39 is 0 Å². The minimum Gasteiger partial charge on any atom is -0.319 e. The molecule has 0 radical (unpaired) electrons. The first-order valence-corrected chi connectivity index (χ1v) is 7.93. The van der Waals surface area contributed by atoms with Gasteiger partial charge in [0.1, 0.15) is 0 Å². The van der Waals surface area contributed by atoms with Crippen LogP contribution in [0, 0.1) is 16.7 Å². The smallest absolute Gasteiger partial charge is 0.000481 e. The second kappa shape index (κ2) is 4.57. The highest BCUT2D eigenvalue weighted by atomic mass is 14.8. The standard InChI is InChI=1S/C16H29N/c1-17-13-15-7-10-16(11-8-15,12-9-15)14-5-3-2-4-6-14/h14,17H,2-13H2,1H3. The summed E-state index contributed by atoms with van der Waals surface area (Å²) < 4.78 is 0. The van der Waals surface area contributed by atoms with E-state index in [2.05, 4.69) is 12.4 Å². The van der Waals surface area contributed by atoms with Crippen molar-refractivity contribution in [2.24, 2.45) is 16.7 Å². The van der Waals surface area contributed by atoms with Crippen LogP contribution in [0.25, 0.3) is 0 Å². The minimum absolute atomic E-state index is 0.700. The lowest BCUT2D eigenvalue weighted by molar-refractivity contribution is -0.0558. The lowest BCUT2D eigenvalue weighted by Gasteiger charge is -2.57. The average molecular weight is 235 g/mol. The van der Waals surface area contributed by atoms with Gasteiger partial charge in [0.2, 0.25) is 0 Å². The molecule has 4 rings (SSSR count). The summed E-state index contributed by atoms with van der Waals surface area (Å²) in [5.74, 6) is 1.10. The van der Waals surface area contributed by atoms with Crippen LogP contribution < -0.4 is 5.32 Å². The Morgan fingerprint density at radius 2 is 1.47 bits per heavy atom. The van der Waals surface area contributed by atoms with E-state index in [1.165, 1.54) is 45.1 Å². The van der Waals surface area contributed by atoms with Gasteiger partial charge >= 0.3 is 0 Å². The van der Waals surface area contributed by atoms with Gasteiger partial charge in [-0.25, -0.2) is 0 Å². The third-order valence-corrected chi connectivity index (χ3v) is 6.48. The molecule has 0 saturated heterocycles. The molecule has 0 aromatic heterocycles. The van der Waals surface area contributed by atoms with Gasteiger partial charge in [0.25, 0.3) is 0 Å². The molecule has 0 aromatic rings. The van der Waals surface area contributed by atoms with E-state index in [9.17, 15) is 0 Å². The van der Waals surface area contributed by atoms with Crippen molar-refractivity contribution in [2.75, 3.05) is 13.6 Å². The summed E-state index contributed by atoms with van der Waals surface area (Å²) in [6, 6.07) is 0. The van der Waals surface area contributed by atoms with Gasteiger partial charge in [0.15, 0.2) is 0 Å². The van der Waals surface area contributed by atoms with Crippen molar-refractivity contribution in [3.05, 3.63) is 0 Å². The molecule has 0 aromatic carbocycles. The maximum absolute atomic E-state index is 3.45. The highest BCUT2D eigenvalue weighted by molar-refractivity contribution is 5.02. The van der Waals surface area contributed by atoms with Crippen LogP contribution in [-0.4, -0.2) is 13.6 Å². The molecule has 0 amide bonds. The Kier molecular flexibility index (Phi) is 3.23. The highest BCUT2D eigenvalue weighted by Crippen LogP contribution is 2.61. The van der Waals surface area contributed by atoms with Crippen LogP contribution in [-0.2, 0) is 0 Å². The van der Waals surface area contributed by atoms with E-state index in [-0.39, 0.29) is 0 Å². The van der Waals surface area contributed by atoms with Crippen molar-refractivity contribution in [3.63, 3.8) is 0 Å². The number of hydrogen-bond acceptors (Lipinski definition) is 1. The summed E-state index contributed by atoms with van der Waals surface area (Å²) in [5, 5.41) is 3.45. The molecule has 4 aliphatic rings. The molecule has 0 spiro atoms. The van der Waals surface area contributed by atoms with Crippen LogP contribution in [0.3, 0.4) is 0 Å². The minimum atomic E-state index is 0.700. The van der Waals surface area contributed by atoms with Gasteiger partial charge in [0.05, 0.1) is 0 Å². The number of fused-ring (bicyclic) bond motifs is 3. The molecule has 4 fully saturated rings. The van der Waals surface area contributed by atoms with Crippen LogP contribution >= 0.6 is 0 Å². The summed E-state index contributed by atoms with van der Waals surface area (Å²) in [6.45, 7) is 1.27. The second-order valence-corrected chi connectivity index (χ2v) is 7.23. The van der Waals surface area contributed by atoms with E-state index in [1.807, 2.05) is 0 Å². The first-order chi connectivity index (χ1) is 8.29. The van der Waals surface area contributed by atoms with Crippen molar-refractivity contribution >= 4 is 0 Å². The molecular formula is C16H29N. The van der Waals surface area contributed by atoms with Crippen molar-refractivity contribution in [1.82, 2.24) is 5.32 Å². The molecule has 4 saturated carbocycles. The summed E-state index contributed by atoms with van der Waals surface area (Å²) >= 11 is 0. The lowest BCUT2D eigenvalue weighted by Crippen LogP contribution is -2.49. The molecule has 1 N–H and O–H groups in total. The van der Waals surface area contributed by atoms with E-state index in [1.54, 1.807) is 32.1 Å². The van der Waals surface area contributed by atoms with Crippen molar-refractivity contribution < 1.29 is 0 Å². The maximum Gasteiger partial charge on any atom is 0.000481 e. The van der Waals surface area contributed by atoms with Gasteiger partial charge in [-0.2, -0.15) is 0 Å². The summed E-state index contributed by atoms with van der Waals surface area (Å²) in [4.78, 5) is 0. The fourth-order valence-electron chi connectivity index (χ4n) is 5.26. The van der Waals surface area contributed by atoms with Crippen LogP contribution in [0.1, 0.15) is 70.6 Å². The molecule has 98 valence electrons. The van der Waals surface area contributed by atoms with E-state index in [4.69, 9.17) is 0 Å². The van der Waals surface area contributed by atoms with Crippen molar-refractivity contribution in [2.45, 2.75) is 70.6 Å². The first kappa shape index (κ1) is 12.0. The van der Waals surface area contributed by atoms with Crippen LogP contribution in [0.5, 0.6) is 0 Å². The predicted molar refractivity (Wildman–Crippen MR) is 73.1 cm³/mol. The Morgan fingerprint density at radius 3 is 2.00 bits per heavy atom. The quantitative estimate of drug-likeness (QED) is 0.775. The SMILES string of the molecule is CNCC12CCC(C3CCCCC3)(CC1)CC2. The summed E-state index contributed by atoms with van der Waals surface area (Å²) in [6.07, 6.45) is 16.9. The molecule has 17 heavy (non-hydrogen) atoms. The zero-order valence-electron chi connectivity index (χ0n) is 11.6. The molecule has 2 bridgehead atoms. The van der Waals surface area contributed by atoms with E-state index in [0.717, 1.165) is 11.3 Å². The molecule has 0 unspecified atom stereocenters. The fourth-order valence-corrected chi connectivity index (χ4v) is 5.26. The zero-order valence-corrected chi connectivity index (χ0v) is 11.6. The number of rotatable bonds is 3. The van der Waals surface area contributed by atoms with Gasteiger partial charge in [-0.1, -0.05) is 19.3 Å². The molecular weight excluding hydrogens is 206 g/mol. The van der Waals surface area contributed by atoms with E-state index in [0.29, 0.717) is 5.41 Å². The molecule has 1 nitrogen and oxygen atoms in total. The monoisotopic (exact) mass is 235 g/mol. The van der Waals surface area contributed by atoms with Gasteiger partial charge in [-0.15, -0.1) is 0 Å². The number of nitrogens with one attached hydrogen (secondary N) is 1. The third kappa shape index (κ3) is 2.05. The van der Waals surface area contributed by atoms with Gasteiger partial charge in [-0.3, -0.25) is 0 Å². The fraction of sp³-hybridized carbons (Fsp3) is 1.00. The van der Waals surface area contributed by atoms with Gasteiger partial charge in [-0.05, 0) is 75.2 Å². The highest BCUT2D eigenvalue weighted by Gasteiger charge is 2.51. The molecule has 4 aliphatic carbocycles. The normalized spacial score (nSPS) is 42.9. The van der Waals surface area contributed by atoms with Crippen LogP contribution in [0.4, 0.5) is 0 Å². The van der Waals surface area contributed by atoms with Gasteiger partial charge in [0, 0.05) is 6.54 Å². The molecule has 1 heteroatoms. The third-order valence-electron chi connectivity index (χ3n) is 6.48. The van der Waals surface area contributed by atoms with Crippen molar-refractivity contribution in [1.29, 1.82) is 0 Å². The molecule has 0 atom stereocenters. The summed E-state index contributed by atoms with van der Waals surface area (Å²) in [5.41, 5.74) is 1.50. The van der Waals surface area contributed by atoms with Crippen LogP contribution in [0.2, 0.25) is 0 Å². The molecule has 0 heterocycles. The Labute approximate surface area is 107 Å².